The van der Waals surface area contributed by atoms with Crippen LogP contribution in [0.2, 0.25) is 10.0 Å². The van der Waals surface area contributed by atoms with E-state index in [1.54, 1.807) is 0 Å². The Hall–Kier alpha value is -2.35. The molecule has 2 aliphatic rings. The Morgan fingerprint density at radius 2 is 1.74 bits per heavy atom. The van der Waals surface area contributed by atoms with Gasteiger partial charge in [0.05, 0.1) is 4.92 Å². The molecule has 1 N–H and O–H groups in total. The lowest BCUT2D eigenvalue weighted by atomic mass is 9.96. The molecule has 7 nitrogen and oxygen atoms in total. The largest absolute Gasteiger partial charge is 0.477 e. The summed E-state index contributed by atoms with van der Waals surface area (Å²) in [4.78, 5) is 25.5. The number of benzene rings is 2. The van der Waals surface area contributed by atoms with Crippen molar-refractivity contribution in [2.75, 3.05) is 6.61 Å². The van der Waals surface area contributed by atoms with Gasteiger partial charge in [-0.3, -0.25) is 19.8 Å². The van der Waals surface area contributed by atoms with Crippen molar-refractivity contribution in [1.82, 2.24) is 10.2 Å². The molecule has 2 heterocycles. The molecule has 0 radical (unpaired) electrons. The predicted octanol–water partition coefficient (Wildman–Crippen LogP) is 4.59. The van der Waals surface area contributed by atoms with Crippen molar-refractivity contribution >= 4 is 34.8 Å². The molecule has 164 valence electrons. The second-order valence-corrected chi connectivity index (χ2v) is 8.95. The van der Waals surface area contributed by atoms with Crippen molar-refractivity contribution < 1.29 is 14.5 Å². The third kappa shape index (κ3) is 5.29. The molecule has 2 atom stereocenters. The van der Waals surface area contributed by atoms with Crippen LogP contribution in [0.3, 0.4) is 0 Å². The van der Waals surface area contributed by atoms with Gasteiger partial charge in [-0.05, 0) is 55.5 Å². The van der Waals surface area contributed by atoms with Crippen LogP contribution < -0.4 is 10.1 Å². The monoisotopic (exact) mass is 463 g/mol. The summed E-state index contributed by atoms with van der Waals surface area (Å²) in [6, 6.07) is 13.0. The highest BCUT2D eigenvalue weighted by Gasteiger charge is 2.40. The van der Waals surface area contributed by atoms with Crippen LogP contribution in [0.5, 0.6) is 5.75 Å². The Labute approximate surface area is 190 Å². The van der Waals surface area contributed by atoms with Crippen molar-refractivity contribution in [2.45, 2.75) is 50.4 Å². The van der Waals surface area contributed by atoms with Gasteiger partial charge in [0.1, 0.15) is 0 Å². The van der Waals surface area contributed by atoms with Gasteiger partial charge in [0.25, 0.3) is 5.91 Å². The Morgan fingerprint density at radius 3 is 2.39 bits per heavy atom. The Kier molecular flexibility index (Phi) is 6.65. The number of hydrogen-bond donors (Lipinski definition) is 1. The van der Waals surface area contributed by atoms with E-state index in [2.05, 4.69) is 22.3 Å². The van der Waals surface area contributed by atoms with Crippen molar-refractivity contribution in [3.63, 3.8) is 0 Å². The van der Waals surface area contributed by atoms with E-state index < -0.39 is 4.92 Å². The van der Waals surface area contributed by atoms with Gasteiger partial charge >= 0.3 is 5.69 Å². The van der Waals surface area contributed by atoms with E-state index in [-0.39, 0.29) is 35.0 Å². The molecule has 4 rings (SSSR count). The van der Waals surface area contributed by atoms with Gasteiger partial charge < -0.3 is 10.1 Å². The fourth-order valence-corrected chi connectivity index (χ4v) is 4.91. The summed E-state index contributed by atoms with van der Waals surface area (Å²) < 4.78 is 5.40. The van der Waals surface area contributed by atoms with Gasteiger partial charge in [-0.2, -0.15) is 0 Å². The number of carbonyl (C=O) groups is 1. The molecule has 2 fully saturated rings. The number of nitro groups is 1. The lowest BCUT2D eigenvalue weighted by Crippen LogP contribution is -2.50. The molecule has 0 saturated carbocycles. The number of carbonyl (C=O) groups excluding carboxylic acids is 1. The van der Waals surface area contributed by atoms with E-state index in [9.17, 15) is 14.9 Å². The van der Waals surface area contributed by atoms with Crippen LogP contribution in [0, 0.1) is 10.1 Å². The lowest BCUT2D eigenvalue weighted by molar-refractivity contribution is -0.385. The number of nitro benzene ring substituents is 1. The number of fused-ring (bicyclic) bond motifs is 2. The number of halogens is 2. The number of ether oxygens (including phenoxy) is 1. The topological polar surface area (TPSA) is 84.7 Å². The molecule has 31 heavy (non-hydrogen) atoms. The number of rotatable bonds is 7. The third-order valence-corrected chi connectivity index (χ3v) is 6.49. The zero-order chi connectivity index (χ0) is 22.0. The van der Waals surface area contributed by atoms with Crippen LogP contribution in [0.4, 0.5) is 5.69 Å². The molecular formula is C22H23Cl2N3O4. The van der Waals surface area contributed by atoms with Crippen molar-refractivity contribution in [3.05, 3.63) is 68.2 Å². The normalized spacial score (nSPS) is 22.8. The van der Waals surface area contributed by atoms with Gasteiger partial charge in [-0.15, -0.1) is 0 Å². The highest BCUT2D eigenvalue weighted by atomic mass is 35.5. The summed E-state index contributed by atoms with van der Waals surface area (Å²) in [5, 5.41) is 15.2. The predicted molar refractivity (Wildman–Crippen MR) is 119 cm³/mol. The lowest BCUT2D eigenvalue weighted by Gasteiger charge is -2.39. The number of amides is 1. The first kappa shape index (κ1) is 21.9. The average molecular weight is 464 g/mol. The third-order valence-electron chi connectivity index (χ3n) is 6.00. The standard InChI is InChI=1S/C22H23Cl2N3O4/c23-15-3-1-14(2-4-15)12-26-18-6-7-19(26)11-17(10-18)25-22(28)13-31-21-8-5-16(24)9-20(21)27(29)30/h1-5,8-9,17-19H,6-7,10-13H2,(H,25,28). The van der Waals surface area contributed by atoms with Gasteiger partial charge in [-0.25, -0.2) is 0 Å². The van der Waals surface area contributed by atoms with E-state index in [1.807, 2.05) is 12.1 Å². The molecule has 2 aromatic carbocycles. The fourth-order valence-electron chi connectivity index (χ4n) is 4.62. The summed E-state index contributed by atoms with van der Waals surface area (Å²) in [7, 11) is 0. The van der Waals surface area contributed by atoms with Gasteiger partial charge in [0.2, 0.25) is 0 Å². The molecule has 2 bridgehead atoms. The van der Waals surface area contributed by atoms with E-state index in [0.29, 0.717) is 12.1 Å². The molecule has 0 aromatic heterocycles. The summed E-state index contributed by atoms with van der Waals surface area (Å²) in [6.45, 7) is 0.610. The maximum atomic E-state index is 12.4. The minimum atomic E-state index is -0.576. The quantitative estimate of drug-likeness (QED) is 0.479. The van der Waals surface area contributed by atoms with E-state index in [4.69, 9.17) is 27.9 Å². The number of hydrogen-bond acceptors (Lipinski definition) is 5. The van der Waals surface area contributed by atoms with E-state index in [0.717, 1.165) is 37.3 Å². The highest BCUT2D eigenvalue weighted by Crippen LogP contribution is 2.37. The molecular weight excluding hydrogens is 441 g/mol. The molecule has 0 spiro atoms. The van der Waals surface area contributed by atoms with Crippen LogP contribution in [-0.4, -0.2) is 40.5 Å². The van der Waals surface area contributed by atoms with E-state index >= 15 is 0 Å². The first-order valence-corrected chi connectivity index (χ1v) is 11.0. The molecule has 1 amide bonds. The zero-order valence-corrected chi connectivity index (χ0v) is 18.3. The smallest absolute Gasteiger partial charge is 0.312 e. The van der Waals surface area contributed by atoms with Crippen LogP contribution in [0.1, 0.15) is 31.2 Å². The maximum absolute atomic E-state index is 12.4. The van der Waals surface area contributed by atoms with Gasteiger partial charge in [0.15, 0.2) is 12.4 Å². The molecule has 2 aliphatic heterocycles. The number of nitrogens with one attached hydrogen (secondary N) is 1. The van der Waals surface area contributed by atoms with Crippen LogP contribution >= 0.6 is 23.2 Å². The summed E-state index contributed by atoms with van der Waals surface area (Å²) in [5.41, 5.74) is 0.982. The summed E-state index contributed by atoms with van der Waals surface area (Å²) in [6.07, 6.45) is 4.02. The van der Waals surface area contributed by atoms with Crippen molar-refractivity contribution in [1.29, 1.82) is 0 Å². The average Bonchev–Trinajstić information content (AvgIpc) is 2.96. The van der Waals surface area contributed by atoms with Crippen LogP contribution in [-0.2, 0) is 11.3 Å². The summed E-state index contributed by atoms with van der Waals surface area (Å²) in [5.74, 6) is -0.248. The maximum Gasteiger partial charge on any atom is 0.312 e. The fraction of sp³-hybridized carbons (Fsp3) is 0.409. The second-order valence-electron chi connectivity index (χ2n) is 8.08. The molecule has 9 heteroatoms. The molecule has 0 aliphatic carbocycles. The van der Waals surface area contributed by atoms with Crippen LogP contribution in [0.25, 0.3) is 0 Å². The minimum Gasteiger partial charge on any atom is -0.477 e. The second kappa shape index (κ2) is 9.42. The van der Waals surface area contributed by atoms with Gasteiger partial charge in [-0.1, -0.05) is 35.3 Å². The molecule has 2 unspecified atom stereocenters. The van der Waals surface area contributed by atoms with Crippen LogP contribution in [0.15, 0.2) is 42.5 Å². The molecule has 2 saturated heterocycles. The van der Waals surface area contributed by atoms with Gasteiger partial charge in [0, 0.05) is 40.8 Å². The van der Waals surface area contributed by atoms with Crippen molar-refractivity contribution in [2.24, 2.45) is 0 Å². The highest BCUT2D eigenvalue weighted by molar-refractivity contribution is 6.31. The SMILES string of the molecule is O=C(COc1ccc(Cl)cc1[N+](=O)[O-])NC1CC2CCC(C1)N2Cc1ccc(Cl)cc1. The summed E-state index contributed by atoms with van der Waals surface area (Å²) >= 11 is 11.8. The number of piperidine rings is 1. The Morgan fingerprint density at radius 1 is 1.10 bits per heavy atom. The van der Waals surface area contributed by atoms with Crippen molar-refractivity contribution in [3.8, 4) is 5.75 Å². The Bertz CT molecular complexity index is 956. The first-order valence-electron chi connectivity index (χ1n) is 10.3. The Balaban J connectivity index is 1.30. The minimum absolute atomic E-state index is 0.0300. The molecule has 2 aromatic rings. The first-order chi connectivity index (χ1) is 14.9. The van der Waals surface area contributed by atoms with E-state index in [1.165, 1.54) is 23.8 Å². The number of nitrogens with zero attached hydrogens (tertiary/aromatic N) is 2. The zero-order valence-electron chi connectivity index (χ0n) is 16.8.